The summed E-state index contributed by atoms with van der Waals surface area (Å²) >= 11 is 0.940. The lowest BCUT2D eigenvalue weighted by Crippen LogP contribution is -2.51. The number of nitrogens with one attached hydrogen (secondary N) is 1. The summed E-state index contributed by atoms with van der Waals surface area (Å²) in [5.41, 5.74) is 0. The first-order valence-corrected chi connectivity index (χ1v) is 7.84. The number of esters is 1. The Hall–Kier alpha value is -1.59. The van der Waals surface area contributed by atoms with E-state index in [2.05, 4.69) is 15.0 Å². The van der Waals surface area contributed by atoms with Crippen LogP contribution in [0.2, 0.25) is 0 Å². The SMILES string of the molecule is CCOC(=O)C(=O)c1cnc(N[C@@H]2C[C@@H](O)C(O)C(CO)O2)s1. The topological polar surface area (TPSA) is 138 Å². The van der Waals surface area contributed by atoms with Crippen LogP contribution in [0.25, 0.3) is 0 Å². The summed E-state index contributed by atoms with van der Waals surface area (Å²) in [7, 11) is 0. The Morgan fingerprint density at radius 3 is 2.91 bits per heavy atom. The molecule has 4 atom stereocenters. The first-order chi connectivity index (χ1) is 11.0. The van der Waals surface area contributed by atoms with Gasteiger partial charge in [0.05, 0.1) is 25.5 Å². The first kappa shape index (κ1) is 17.8. The molecule has 0 aromatic carbocycles. The minimum absolute atomic E-state index is 0.0817. The van der Waals surface area contributed by atoms with Crippen molar-refractivity contribution < 1.29 is 34.4 Å². The second kappa shape index (κ2) is 7.79. The molecule has 2 unspecified atom stereocenters. The predicted octanol–water partition coefficient (Wildman–Crippen LogP) is -0.870. The molecule has 0 bridgehead atoms. The average Bonchev–Trinajstić information content (AvgIpc) is 2.98. The zero-order valence-electron chi connectivity index (χ0n) is 12.3. The highest BCUT2D eigenvalue weighted by Gasteiger charge is 2.36. The van der Waals surface area contributed by atoms with Gasteiger partial charge in [0, 0.05) is 6.42 Å². The van der Waals surface area contributed by atoms with Crippen LogP contribution in [0, 0.1) is 0 Å². The third kappa shape index (κ3) is 4.24. The summed E-state index contributed by atoms with van der Waals surface area (Å²) in [5, 5.41) is 31.6. The number of carbonyl (C=O) groups excluding carboxylic acids is 2. The van der Waals surface area contributed by atoms with E-state index in [1.54, 1.807) is 6.92 Å². The standard InChI is InChI=1S/C13H18N2O7S/c1-2-21-12(20)11(19)8-4-14-13(23-8)15-9-3-6(17)10(18)7(5-16)22-9/h4,6-7,9-10,16-18H,2-3,5H2,1H3,(H,14,15)/t6-,7?,9+,10?/m1/s1. The third-order valence-electron chi connectivity index (χ3n) is 3.22. The largest absolute Gasteiger partial charge is 0.460 e. The number of rotatable bonds is 6. The number of ketones is 1. The molecule has 1 aliphatic rings. The van der Waals surface area contributed by atoms with Crippen molar-refractivity contribution >= 4 is 28.2 Å². The number of carbonyl (C=O) groups is 2. The highest BCUT2D eigenvalue weighted by molar-refractivity contribution is 7.18. The Kier molecular flexibility index (Phi) is 6.02. The van der Waals surface area contributed by atoms with Crippen molar-refractivity contribution in [2.24, 2.45) is 0 Å². The molecule has 0 radical (unpaired) electrons. The molecule has 1 aliphatic heterocycles. The molecule has 1 aromatic rings. The number of aliphatic hydroxyl groups excluding tert-OH is 3. The van der Waals surface area contributed by atoms with Gasteiger partial charge in [-0.25, -0.2) is 9.78 Å². The minimum Gasteiger partial charge on any atom is -0.460 e. The number of Topliss-reactive ketones (excluding diaryl/α,β-unsaturated/α-hetero) is 1. The number of aromatic nitrogens is 1. The van der Waals surface area contributed by atoms with Gasteiger partial charge in [-0.3, -0.25) is 4.79 Å². The molecule has 0 amide bonds. The molecule has 0 aliphatic carbocycles. The fourth-order valence-electron chi connectivity index (χ4n) is 2.08. The van der Waals surface area contributed by atoms with Crippen molar-refractivity contribution in [3.8, 4) is 0 Å². The molecule has 2 rings (SSSR count). The molecule has 4 N–H and O–H groups in total. The maximum absolute atomic E-state index is 11.8. The molecule has 9 nitrogen and oxygen atoms in total. The molecule has 23 heavy (non-hydrogen) atoms. The van der Waals surface area contributed by atoms with Gasteiger partial charge in [-0.05, 0) is 6.92 Å². The maximum Gasteiger partial charge on any atom is 0.380 e. The number of ether oxygens (including phenoxy) is 2. The number of nitrogens with zero attached hydrogens (tertiary/aromatic N) is 1. The van der Waals surface area contributed by atoms with Gasteiger partial charge in [0.15, 0.2) is 5.13 Å². The van der Waals surface area contributed by atoms with Crippen molar-refractivity contribution in [1.82, 2.24) is 4.98 Å². The van der Waals surface area contributed by atoms with Gasteiger partial charge in [0.25, 0.3) is 5.78 Å². The fraction of sp³-hybridized carbons (Fsp3) is 0.615. The van der Waals surface area contributed by atoms with Crippen molar-refractivity contribution in [2.75, 3.05) is 18.5 Å². The van der Waals surface area contributed by atoms with Crippen LogP contribution in [0.3, 0.4) is 0 Å². The van der Waals surface area contributed by atoms with E-state index in [0.717, 1.165) is 11.3 Å². The third-order valence-corrected chi connectivity index (χ3v) is 4.15. The zero-order valence-corrected chi connectivity index (χ0v) is 13.2. The molecule has 2 heterocycles. The summed E-state index contributed by atoms with van der Waals surface area (Å²) in [6, 6.07) is 0. The van der Waals surface area contributed by atoms with E-state index in [9.17, 15) is 19.8 Å². The monoisotopic (exact) mass is 346 g/mol. The molecule has 10 heteroatoms. The molecule has 0 spiro atoms. The minimum atomic E-state index is -1.17. The van der Waals surface area contributed by atoms with Crippen molar-refractivity contribution in [2.45, 2.75) is 37.9 Å². The van der Waals surface area contributed by atoms with Crippen LogP contribution in [0.4, 0.5) is 5.13 Å². The lowest BCUT2D eigenvalue weighted by Gasteiger charge is -2.36. The maximum atomic E-state index is 11.8. The Labute approximate surface area is 135 Å². The van der Waals surface area contributed by atoms with Crippen LogP contribution < -0.4 is 5.32 Å². The van der Waals surface area contributed by atoms with Gasteiger partial charge in [-0.1, -0.05) is 11.3 Å². The smallest absolute Gasteiger partial charge is 0.380 e. The average molecular weight is 346 g/mol. The molecule has 1 fully saturated rings. The second-order valence-corrected chi connectivity index (χ2v) is 5.89. The van der Waals surface area contributed by atoms with Gasteiger partial charge in [0.2, 0.25) is 0 Å². The van der Waals surface area contributed by atoms with E-state index in [-0.39, 0.29) is 17.9 Å². The van der Waals surface area contributed by atoms with E-state index in [0.29, 0.717) is 5.13 Å². The lowest BCUT2D eigenvalue weighted by atomic mass is 10.0. The second-order valence-electron chi connectivity index (χ2n) is 4.86. The van der Waals surface area contributed by atoms with Crippen LogP contribution in [0.15, 0.2) is 6.20 Å². The summed E-state index contributed by atoms with van der Waals surface area (Å²) in [6.07, 6.45) is -2.52. The van der Waals surface area contributed by atoms with Crippen molar-refractivity contribution in [3.05, 3.63) is 11.1 Å². The predicted molar refractivity (Wildman–Crippen MR) is 79.1 cm³/mol. The van der Waals surface area contributed by atoms with E-state index in [1.165, 1.54) is 6.20 Å². The number of aliphatic hydroxyl groups is 3. The Balaban J connectivity index is 1.99. The van der Waals surface area contributed by atoms with Crippen LogP contribution in [0.1, 0.15) is 23.0 Å². The Bertz CT molecular complexity index is 564. The lowest BCUT2D eigenvalue weighted by molar-refractivity contribution is -0.172. The fourth-order valence-corrected chi connectivity index (χ4v) is 2.86. The number of anilines is 1. The van der Waals surface area contributed by atoms with E-state index >= 15 is 0 Å². The van der Waals surface area contributed by atoms with Gasteiger partial charge < -0.3 is 30.1 Å². The van der Waals surface area contributed by atoms with Crippen LogP contribution in [-0.4, -0.2) is 69.8 Å². The normalized spacial score (nSPS) is 27.5. The summed E-state index contributed by atoms with van der Waals surface area (Å²) in [5.74, 6) is -1.74. The highest BCUT2D eigenvalue weighted by atomic mass is 32.1. The Morgan fingerprint density at radius 2 is 2.26 bits per heavy atom. The Morgan fingerprint density at radius 1 is 1.52 bits per heavy atom. The van der Waals surface area contributed by atoms with E-state index in [4.69, 9.17) is 9.84 Å². The van der Waals surface area contributed by atoms with Crippen LogP contribution in [-0.2, 0) is 14.3 Å². The summed E-state index contributed by atoms with van der Waals surface area (Å²) in [4.78, 5) is 27.2. The molecule has 128 valence electrons. The molecular formula is C13H18N2O7S. The quantitative estimate of drug-likeness (QED) is 0.294. The van der Waals surface area contributed by atoms with E-state index < -0.39 is 42.9 Å². The number of hydrogen-bond donors (Lipinski definition) is 4. The summed E-state index contributed by atoms with van der Waals surface area (Å²) in [6.45, 7) is 1.26. The van der Waals surface area contributed by atoms with Gasteiger partial charge >= 0.3 is 5.97 Å². The molecular weight excluding hydrogens is 328 g/mol. The zero-order chi connectivity index (χ0) is 17.0. The van der Waals surface area contributed by atoms with E-state index in [1.807, 2.05) is 0 Å². The van der Waals surface area contributed by atoms with Crippen molar-refractivity contribution in [3.63, 3.8) is 0 Å². The van der Waals surface area contributed by atoms with Crippen LogP contribution in [0.5, 0.6) is 0 Å². The van der Waals surface area contributed by atoms with Gasteiger partial charge in [-0.2, -0.15) is 0 Å². The molecule has 0 saturated carbocycles. The van der Waals surface area contributed by atoms with Crippen molar-refractivity contribution in [1.29, 1.82) is 0 Å². The summed E-state index contributed by atoms with van der Waals surface area (Å²) < 4.78 is 10.0. The molecule has 1 saturated heterocycles. The van der Waals surface area contributed by atoms with Gasteiger partial charge in [0.1, 0.15) is 23.3 Å². The first-order valence-electron chi connectivity index (χ1n) is 7.02. The molecule has 1 aromatic heterocycles. The number of thiazole rings is 1. The number of hydrogen-bond acceptors (Lipinski definition) is 10. The van der Waals surface area contributed by atoms with Gasteiger partial charge in [-0.15, -0.1) is 0 Å². The highest BCUT2D eigenvalue weighted by Crippen LogP contribution is 2.25. The van der Waals surface area contributed by atoms with Crippen LogP contribution >= 0.6 is 11.3 Å².